The number of piperidine rings is 1. The fraction of sp³-hybridized carbons (Fsp3) is 0.692. The van der Waals surface area contributed by atoms with Crippen molar-refractivity contribution >= 4 is 21.6 Å². The third kappa shape index (κ3) is 4.45. The Morgan fingerprint density at radius 3 is 2.81 bits per heavy atom. The summed E-state index contributed by atoms with van der Waals surface area (Å²) >= 11 is 0. The summed E-state index contributed by atoms with van der Waals surface area (Å²) < 4.78 is 24.2. The number of carbonyl (C=O) groups is 1. The lowest BCUT2D eigenvalue weighted by Gasteiger charge is -2.32. The van der Waals surface area contributed by atoms with Crippen LogP contribution in [-0.4, -0.2) is 54.1 Å². The molecule has 21 heavy (non-hydrogen) atoms. The number of nitrogens with zero attached hydrogens (tertiary/aromatic N) is 3. The number of anilines is 1. The Bertz CT molecular complexity index is 623. The van der Waals surface area contributed by atoms with Crippen molar-refractivity contribution < 1.29 is 13.2 Å². The van der Waals surface area contributed by atoms with Gasteiger partial charge < -0.3 is 10.6 Å². The number of hydrogen-bond acceptors (Lipinski definition) is 5. The molecule has 2 rings (SSSR count). The molecule has 0 saturated carbocycles. The molecule has 7 nitrogen and oxygen atoms in total. The lowest BCUT2D eigenvalue weighted by molar-refractivity contribution is -0.133. The number of hydrogen-bond donors (Lipinski definition) is 1. The fourth-order valence-corrected chi connectivity index (χ4v) is 3.90. The Labute approximate surface area is 125 Å². The molecule has 8 heteroatoms. The average molecular weight is 314 g/mol. The molecule has 1 unspecified atom stereocenters. The van der Waals surface area contributed by atoms with Gasteiger partial charge in [-0.3, -0.25) is 4.79 Å². The summed E-state index contributed by atoms with van der Waals surface area (Å²) in [6.07, 6.45) is 2.92. The van der Waals surface area contributed by atoms with Crippen LogP contribution in [0.15, 0.2) is 6.07 Å². The summed E-state index contributed by atoms with van der Waals surface area (Å²) in [6.45, 7) is 3.08. The standard InChI is InChI=1S/C13H22N4O3S/c1-10-6-12(14)17(15-10)8-13(18)16-5-3-4-11(7-16)9-21(2,19)20/h6,11H,3-5,7-9,14H2,1-2H3. The first kappa shape index (κ1) is 15.8. The molecule has 2 N–H and O–H groups in total. The van der Waals surface area contributed by atoms with Gasteiger partial charge in [0.25, 0.3) is 0 Å². The largest absolute Gasteiger partial charge is 0.384 e. The Hall–Kier alpha value is -1.57. The number of carbonyl (C=O) groups excluding carboxylic acids is 1. The van der Waals surface area contributed by atoms with Crippen molar-refractivity contribution in [3.8, 4) is 0 Å². The number of amides is 1. The zero-order valence-corrected chi connectivity index (χ0v) is 13.3. The number of likely N-dealkylation sites (tertiary alicyclic amines) is 1. The molecule has 0 aliphatic carbocycles. The van der Waals surface area contributed by atoms with Crippen molar-refractivity contribution in [2.45, 2.75) is 26.3 Å². The maximum Gasteiger partial charge on any atom is 0.244 e. The second-order valence-electron chi connectivity index (χ2n) is 5.81. The van der Waals surface area contributed by atoms with Gasteiger partial charge in [0.2, 0.25) is 5.91 Å². The maximum absolute atomic E-state index is 12.3. The lowest BCUT2D eigenvalue weighted by atomic mass is 10.00. The van der Waals surface area contributed by atoms with Gasteiger partial charge in [-0.2, -0.15) is 5.10 Å². The van der Waals surface area contributed by atoms with E-state index < -0.39 is 9.84 Å². The number of nitrogen functional groups attached to an aromatic ring is 1. The van der Waals surface area contributed by atoms with E-state index in [1.54, 1.807) is 11.0 Å². The zero-order chi connectivity index (χ0) is 15.6. The summed E-state index contributed by atoms with van der Waals surface area (Å²) in [4.78, 5) is 14.0. The third-order valence-electron chi connectivity index (χ3n) is 3.63. The van der Waals surface area contributed by atoms with E-state index in [9.17, 15) is 13.2 Å². The smallest absolute Gasteiger partial charge is 0.244 e. The van der Waals surface area contributed by atoms with Gasteiger partial charge in [0.05, 0.1) is 11.4 Å². The van der Waals surface area contributed by atoms with Gasteiger partial charge in [0, 0.05) is 25.4 Å². The molecule has 0 spiro atoms. The molecular formula is C13H22N4O3S. The first-order valence-corrected chi connectivity index (χ1v) is 9.06. The number of sulfone groups is 1. The van der Waals surface area contributed by atoms with E-state index in [1.807, 2.05) is 6.92 Å². The molecule has 1 aliphatic rings. The minimum absolute atomic E-state index is 0.0226. The van der Waals surface area contributed by atoms with Crippen molar-refractivity contribution in [3.05, 3.63) is 11.8 Å². The molecule has 1 aromatic rings. The van der Waals surface area contributed by atoms with E-state index in [2.05, 4.69) is 5.10 Å². The molecule has 1 aromatic heterocycles. The average Bonchev–Trinajstić information content (AvgIpc) is 2.66. The minimum atomic E-state index is -3.01. The fourth-order valence-electron chi connectivity index (χ4n) is 2.78. The van der Waals surface area contributed by atoms with Gasteiger partial charge in [-0.1, -0.05) is 0 Å². The van der Waals surface area contributed by atoms with Crippen LogP contribution >= 0.6 is 0 Å². The van der Waals surface area contributed by atoms with E-state index >= 15 is 0 Å². The highest BCUT2D eigenvalue weighted by Gasteiger charge is 2.26. The van der Waals surface area contributed by atoms with E-state index in [0.717, 1.165) is 18.5 Å². The summed E-state index contributed by atoms with van der Waals surface area (Å²) in [5.41, 5.74) is 6.55. The number of nitrogens with two attached hydrogens (primary N) is 1. The van der Waals surface area contributed by atoms with Crippen LogP contribution in [0.2, 0.25) is 0 Å². The van der Waals surface area contributed by atoms with Crippen molar-refractivity contribution in [2.24, 2.45) is 5.92 Å². The molecule has 1 aliphatic heterocycles. The molecule has 0 aromatic carbocycles. The molecule has 0 bridgehead atoms. The molecule has 1 fully saturated rings. The number of aromatic nitrogens is 2. The van der Waals surface area contributed by atoms with E-state index in [0.29, 0.717) is 18.9 Å². The van der Waals surface area contributed by atoms with Crippen LogP contribution in [0.5, 0.6) is 0 Å². The maximum atomic E-state index is 12.3. The molecule has 1 saturated heterocycles. The summed E-state index contributed by atoms with van der Waals surface area (Å²) in [6, 6.07) is 1.72. The van der Waals surface area contributed by atoms with Crippen LogP contribution in [0.25, 0.3) is 0 Å². The van der Waals surface area contributed by atoms with E-state index in [4.69, 9.17) is 5.73 Å². The summed E-state index contributed by atoms with van der Waals surface area (Å²) in [5, 5.41) is 4.17. The van der Waals surface area contributed by atoms with Gasteiger partial charge in [-0.25, -0.2) is 13.1 Å². The first-order valence-electron chi connectivity index (χ1n) is 7.00. The SMILES string of the molecule is Cc1cc(N)n(CC(=O)N2CCCC(CS(C)(=O)=O)C2)n1. The Kier molecular flexibility index (Phi) is 4.55. The lowest BCUT2D eigenvalue weighted by Crippen LogP contribution is -2.43. The van der Waals surface area contributed by atoms with Gasteiger partial charge in [0.1, 0.15) is 22.2 Å². The van der Waals surface area contributed by atoms with Crippen molar-refractivity contribution in [1.82, 2.24) is 14.7 Å². The molecule has 2 heterocycles. The summed E-state index contributed by atoms with van der Waals surface area (Å²) in [7, 11) is -3.01. The second kappa shape index (κ2) is 6.05. The second-order valence-corrected chi connectivity index (χ2v) is 7.99. The summed E-state index contributed by atoms with van der Waals surface area (Å²) in [5.74, 6) is 0.558. The predicted molar refractivity (Wildman–Crippen MR) is 80.4 cm³/mol. The van der Waals surface area contributed by atoms with Crippen LogP contribution in [0.4, 0.5) is 5.82 Å². The van der Waals surface area contributed by atoms with Crippen LogP contribution in [0.1, 0.15) is 18.5 Å². The predicted octanol–water partition coefficient (Wildman–Crippen LogP) is 0.0569. The minimum Gasteiger partial charge on any atom is -0.384 e. The van der Waals surface area contributed by atoms with Crippen molar-refractivity contribution in [1.29, 1.82) is 0 Å². The van der Waals surface area contributed by atoms with Gasteiger partial charge >= 0.3 is 0 Å². The van der Waals surface area contributed by atoms with Gasteiger partial charge in [-0.15, -0.1) is 0 Å². The van der Waals surface area contributed by atoms with Crippen molar-refractivity contribution in [2.75, 3.05) is 30.8 Å². The molecule has 118 valence electrons. The van der Waals surface area contributed by atoms with E-state index in [1.165, 1.54) is 10.9 Å². The van der Waals surface area contributed by atoms with Crippen molar-refractivity contribution in [3.63, 3.8) is 0 Å². The zero-order valence-electron chi connectivity index (χ0n) is 12.4. The van der Waals surface area contributed by atoms with Crippen LogP contribution in [0, 0.1) is 12.8 Å². The highest BCUT2D eigenvalue weighted by Crippen LogP contribution is 2.18. The highest BCUT2D eigenvalue weighted by molar-refractivity contribution is 7.90. The molecule has 1 atom stereocenters. The normalized spacial score (nSPS) is 19.7. The molecule has 1 amide bonds. The monoisotopic (exact) mass is 314 g/mol. The van der Waals surface area contributed by atoms with Gasteiger partial charge in [-0.05, 0) is 25.7 Å². The first-order chi connectivity index (χ1) is 9.74. The van der Waals surface area contributed by atoms with Gasteiger partial charge in [0.15, 0.2) is 0 Å². The van der Waals surface area contributed by atoms with Crippen LogP contribution in [-0.2, 0) is 21.2 Å². The number of aryl methyl sites for hydroxylation is 1. The molecular weight excluding hydrogens is 292 g/mol. The Morgan fingerprint density at radius 2 is 2.24 bits per heavy atom. The number of rotatable bonds is 4. The highest BCUT2D eigenvalue weighted by atomic mass is 32.2. The quantitative estimate of drug-likeness (QED) is 0.847. The van der Waals surface area contributed by atoms with E-state index in [-0.39, 0.29) is 24.1 Å². The van der Waals surface area contributed by atoms with Crippen LogP contribution in [0.3, 0.4) is 0 Å². The topological polar surface area (TPSA) is 98.3 Å². The van der Waals surface area contributed by atoms with Crippen LogP contribution < -0.4 is 5.73 Å². The Balaban J connectivity index is 1.97. The third-order valence-corrected chi connectivity index (χ3v) is 4.71. The molecule has 0 radical (unpaired) electrons. The Morgan fingerprint density at radius 1 is 1.52 bits per heavy atom.